The van der Waals surface area contributed by atoms with E-state index in [2.05, 4.69) is 31.7 Å². The lowest BCUT2D eigenvalue weighted by atomic mass is 9.51. The van der Waals surface area contributed by atoms with Gasteiger partial charge in [-0.25, -0.2) is 0 Å². The number of carbonyl (C=O) groups excluding carboxylic acids is 2. The number of hydrogen-bond donors (Lipinski definition) is 2. The molecule has 2 fully saturated rings. The van der Waals surface area contributed by atoms with Gasteiger partial charge in [-0.3, -0.25) is 9.59 Å². The number of nitrogens with zero attached hydrogens (tertiary/aromatic N) is 1. The van der Waals surface area contributed by atoms with E-state index in [0.717, 1.165) is 57.1 Å². The lowest BCUT2D eigenvalue weighted by Gasteiger charge is -2.61. The van der Waals surface area contributed by atoms with Crippen LogP contribution in [0.5, 0.6) is 5.75 Å². The van der Waals surface area contributed by atoms with Gasteiger partial charge < -0.3 is 15.7 Å². The van der Waals surface area contributed by atoms with E-state index in [4.69, 9.17) is 5.73 Å². The summed E-state index contributed by atoms with van der Waals surface area (Å²) in [6, 6.07) is 5.99. The molecular weight excluding hydrogens is 388 g/mol. The molecule has 1 aromatic rings. The van der Waals surface area contributed by atoms with Crippen LogP contribution in [0, 0.1) is 23.2 Å². The molecule has 170 valence electrons. The van der Waals surface area contributed by atoms with Crippen LogP contribution in [0.1, 0.15) is 77.3 Å². The molecule has 31 heavy (non-hydrogen) atoms. The second kappa shape index (κ2) is 7.83. The highest BCUT2D eigenvalue weighted by Crippen LogP contribution is 2.57. The van der Waals surface area contributed by atoms with Gasteiger partial charge in [0.2, 0.25) is 11.8 Å². The predicted octanol–water partition coefficient (Wildman–Crippen LogP) is 4.15. The van der Waals surface area contributed by atoms with Gasteiger partial charge in [0.1, 0.15) is 5.75 Å². The Balaban J connectivity index is 1.50. The topological polar surface area (TPSA) is 83.6 Å². The van der Waals surface area contributed by atoms with E-state index in [9.17, 15) is 14.7 Å². The van der Waals surface area contributed by atoms with Crippen LogP contribution in [0.4, 0.5) is 0 Å². The van der Waals surface area contributed by atoms with E-state index in [0.29, 0.717) is 17.6 Å². The normalized spacial score (nSPS) is 32.8. The maximum atomic E-state index is 13.7. The molecule has 1 saturated heterocycles. The van der Waals surface area contributed by atoms with E-state index in [1.54, 1.807) is 6.07 Å². The van der Waals surface area contributed by atoms with Crippen LogP contribution in [-0.4, -0.2) is 34.4 Å². The van der Waals surface area contributed by atoms with Crippen LogP contribution < -0.4 is 5.73 Å². The van der Waals surface area contributed by atoms with Crippen molar-refractivity contribution in [2.24, 2.45) is 28.9 Å². The summed E-state index contributed by atoms with van der Waals surface area (Å²) >= 11 is 0. The Morgan fingerprint density at radius 3 is 2.52 bits per heavy atom. The maximum absolute atomic E-state index is 13.7. The van der Waals surface area contributed by atoms with Crippen molar-refractivity contribution in [2.45, 2.75) is 84.1 Å². The zero-order valence-electron chi connectivity index (χ0n) is 19.5. The van der Waals surface area contributed by atoms with Gasteiger partial charge in [0.05, 0.1) is 0 Å². The minimum atomic E-state index is -0.224. The summed E-state index contributed by atoms with van der Waals surface area (Å²) in [7, 11) is 0. The van der Waals surface area contributed by atoms with Gasteiger partial charge >= 0.3 is 0 Å². The molecule has 2 aliphatic carbocycles. The van der Waals surface area contributed by atoms with Crippen molar-refractivity contribution in [1.29, 1.82) is 0 Å². The van der Waals surface area contributed by atoms with Gasteiger partial charge in [-0.15, -0.1) is 0 Å². The second-order valence-corrected chi connectivity index (χ2v) is 11.1. The van der Waals surface area contributed by atoms with E-state index in [1.165, 1.54) is 5.56 Å². The lowest BCUT2D eigenvalue weighted by Crippen LogP contribution is -2.65. The monoisotopic (exact) mass is 426 g/mol. The highest BCUT2D eigenvalue weighted by molar-refractivity contribution is 5.80. The fourth-order valence-electron chi connectivity index (χ4n) is 6.69. The van der Waals surface area contributed by atoms with Gasteiger partial charge in [-0.1, -0.05) is 39.8 Å². The van der Waals surface area contributed by atoms with Crippen molar-refractivity contribution in [3.63, 3.8) is 0 Å². The molecule has 0 aromatic heterocycles. The summed E-state index contributed by atoms with van der Waals surface area (Å²) in [6.07, 6.45) is 6.28. The van der Waals surface area contributed by atoms with Gasteiger partial charge in [0.25, 0.3) is 0 Å². The van der Waals surface area contributed by atoms with E-state index >= 15 is 0 Å². The fraction of sp³-hybridized carbons (Fsp3) is 0.692. The zero-order valence-corrected chi connectivity index (χ0v) is 19.5. The number of phenols is 1. The number of aromatic hydroxyl groups is 1. The van der Waals surface area contributed by atoms with Crippen LogP contribution in [0.25, 0.3) is 0 Å². The molecule has 2 amide bonds. The molecule has 0 spiro atoms. The second-order valence-electron chi connectivity index (χ2n) is 11.1. The van der Waals surface area contributed by atoms with Crippen LogP contribution in [0.3, 0.4) is 0 Å². The smallest absolute Gasteiger partial charge is 0.225 e. The first-order valence-electron chi connectivity index (χ1n) is 12.0. The SMILES string of the molecule is CC(CC1CCC(C(=O)N2CC[C@@]3(C)c4cccc(O)c4C[C@@H]2C3(C)C)CC1)C(N)=O. The molecule has 3 N–H and O–H groups in total. The van der Waals surface area contributed by atoms with Crippen LogP contribution in [-0.2, 0) is 21.4 Å². The average Bonchev–Trinajstić information content (AvgIpc) is 2.71. The molecule has 0 radical (unpaired) electrons. The number of carbonyl (C=O) groups is 2. The molecule has 4 rings (SSSR count). The van der Waals surface area contributed by atoms with Gasteiger partial charge in [0.15, 0.2) is 0 Å². The minimum absolute atomic E-state index is 0.0523. The molecule has 5 nitrogen and oxygen atoms in total. The molecule has 5 heteroatoms. The summed E-state index contributed by atoms with van der Waals surface area (Å²) in [5, 5.41) is 10.6. The summed E-state index contributed by atoms with van der Waals surface area (Å²) in [5.74, 6) is 0.908. The van der Waals surface area contributed by atoms with Gasteiger partial charge in [-0.2, -0.15) is 0 Å². The molecule has 1 saturated carbocycles. The zero-order chi connectivity index (χ0) is 22.6. The fourth-order valence-corrected chi connectivity index (χ4v) is 6.69. The number of hydrogen-bond acceptors (Lipinski definition) is 3. The summed E-state index contributed by atoms with van der Waals surface area (Å²) in [6.45, 7) is 9.60. The van der Waals surface area contributed by atoms with Crippen molar-refractivity contribution in [2.75, 3.05) is 6.54 Å². The third kappa shape index (κ3) is 3.54. The molecule has 1 aromatic carbocycles. The van der Waals surface area contributed by atoms with Crippen molar-refractivity contribution < 1.29 is 14.7 Å². The van der Waals surface area contributed by atoms with Gasteiger partial charge in [-0.05, 0) is 73.5 Å². The average molecular weight is 427 g/mol. The standard InChI is InChI=1S/C26H38N2O3/c1-16(23(27)30)14-17-8-10-18(11-9-17)24(31)28-13-12-26(4)20-6-5-7-21(29)19(20)15-22(28)25(26,2)3/h5-7,16-18,22,29H,8-15H2,1-4H3,(H2,27,30)/t16?,17?,18?,22-,26+/m1/s1. The summed E-state index contributed by atoms with van der Waals surface area (Å²) in [5.41, 5.74) is 7.60. The molecule has 1 heterocycles. The summed E-state index contributed by atoms with van der Waals surface area (Å²) < 4.78 is 0. The minimum Gasteiger partial charge on any atom is -0.508 e. The number of fused-ring (bicyclic) bond motifs is 4. The van der Waals surface area contributed by atoms with Crippen LogP contribution in [0.15, 0.2) is 18.2 Å². The Kier molecular flexibility index (Phi) is 5.60. The Morgan fingerprint density at radius 2 is 1.87 bits per heavy atom. The van der Waals surface area contributed by atoms with Crippen LogP contribution >= 0.6 is 0 Å². The van der Waals surface area contributed by atoms with Gasteiger partial charge in [0, 0.05) is 29.8 Å². The van der Waals surface area contributed by atoms with Crippen molar-refractivity contribution in [3.05, 3.63) is 29.3 Å². The van der Waals surface area contributed by atoms with Crippen LogP contribution in [0.2, 0.25) is 0 Å². The lowest BCUT2D eigenvalue weighted by molar-refractivity contribution is -0.149. The molecule has 2 bridgehead atoms. The molecule has 1 aliphatic heterocycles. The highest BCUT2D eigenvalue weighted by Gasteiger charge is 2.57. The Morgan fingerprint density at radius 1 is 1.19 bits per heavy atom. The third-order valence-corrected chi connectivity index (χ3v) is 9.28. The first-order chi connectivity index (χ1) is 14.6. The Hall–Kier alpha value is -2.04. The molecular formula is C26H38N2O3. The maximum Gasteiger partial charge on any atom is 0.225 e. The number of phenolic OH excluding ortho intramolecular Hbond substituents is 1. The quantitative estimate of drug-likeness (QED) is 0.759. The number of benzene rings is 1. The number of likely N-dealkylation sites (tertiary alicyclic amines) is 1. The number of amides is 2. The number of nitrogens with two attached hydrogens (primary N) is 1. The first kappa shape index (κ1) is 22.2. The van der Waals surface area contributed by atoms with Crippen molar-refractivity contribution >= 4 is 11.8 Å². The van der Waals surface area contributed by atoms with Crippen molar-refractivity contribution in [1.82, 2.24) is 4.90 Å². The largest absolute Gasteiger partial charge is 0.508 e. The number of primary amides is 1. The molecule has 3 aliphatic rings. The predicted molar refractivity (Wildman–Crippen MR) is 121 cm³/mol. The van der Waals surface area contributed by atoms with E-state index < -0.39 is 0 Å². The molecule has 1 unspecified atom stereocenters. The van der Waals surface area contributed by atoms with E-state index in [-0.39, 0.29) is 34.6 Å². The Labute approximate surface area is 186 Å². The van der Waals surface area contributed by atoms with E-state index in [1.807, 2.05) is 13.0 Å². The molecule has 3 atom stereocenters. The third-order valence-electron chi connectivity index (χ3n) is 9.28. The number of rotatable bonds is 4. The summed E-state index contributed by atoms with van der Waals surface area (Å²) in [4.78, 5) is 27.2. The Bertz CT molecular complexity index is 871. The number of piperidine rings is 1. The van der Waals surface area contributed by atoms with Crippen molar-refractivity contribution in [3.8, 4) is 5.75 Å². The highest BCUT2D eigenvalue weighted by atomic mass is 16.3. The first-order valence-corrected chi connectivity index (χ1v) is 12.0.